The molecular weight excluding hydrogens is 362 g/mol. The number of aromatic nitrogens is 3. The smallest absolute Gasteiger partial charge is 0.225 e. The molecule has 1 N–H and O–H groups in total. The normalized spacial score (nSPS) is 26.0. The Morgan fingerprint density at radius 3 is 2.48 bits per heavy atom. The number of hydrogen-bond donors (Lipinski definition) is 1. The van der Waals surface area contributed by atoms with Gasteiger partial charge in [-0.25, -0.2) is 9.97 Å². The Morgan fingerprint density at radius 2 is 1.86 bits per heavy atom. The highest BCUT2D eigenvalue weighted by Crippen LogP contribution is 2.40. The zero-order valence-corrected chi connectivity index (χ0v) is 17.6. The molecule has 2 heterocycles. The van der Waals surface area contributed by atoms with E-state index < -0.39 is 0 Å². The Morgan fingerprint density at radius 1 is 1.17 bits per heavy atom. The van der Waals surface area contributed by atoms with Crippen LogP contribution in [0.5, 0.6) is 0 Å². The highest BCUT2D eigenvalue weighted by molar-refractivity contribution is 5.81. The van der Waals surface area contributed by atoms with Gasteiger partial charge in [-0.2, -0.15) is 0 Å². The Balaban J connectivity index is 1.44. The molecule has 2 saturated carbocycles. The van der Waals surface area contributed by atoms with Crippen LogP contribution in [-0.2, 0) is 4.79 Å². The summed E-state index contributed by atoms with van der Waals surface area (Å²) in [6, 6.07) is 4.05. The number of rotatable bonds is 6. The van der Waals surface area contributed by atoms with E-state index in [1.54, 1.807) is 0 Å². The quantitative estimate of drug-likeness (QED) is 0.811. The lowest BCUT2D eigenvalue weighted by Gasteiger charge is -2.30. The monoisotopic (exact) mass is 393 g/mol. The van der Waals surface area contributed by atoms with Crippen molar-refractivity contribution in [3.8, 4) is 11.1 Å². The van der Waals surface area contributed by atoms with Gasteiger partial charge in [0.15, 0.2) is 0 Å². The largest absolute Gasteiger partial charge is 0.356 e. The SMILES string of the molecule is C[C@@H]1C[C@@H]1C(=O)NCC1CCC(c2nc(N(C)C)ncc2-c2ccncc2)CC1. The van der Waals surface area contributed by atoms with Crippen LogP contribution in [0.1, 0.15) is 50.6 Å². The number of nitrogens with zero attached hydrogens (tertiary/aromatic N) is 4. The molecule has 0 unspecified atom stereocenters. The summed E-state index contributed by atoms with van der Waals surface area (Å²) in [5.41, 5.74) is 3.37. The van der Waals surface area contributed by atoms with Crippen molar-refractivity contribution in [1.29, 1.82) is 0 Å². The van der Waals surface area contributed by atoms with Crippen LogP contribution in [0.3, 0.4) is 0 Å². The van der Waals surface area contributed by atoms with E-state index in [9.17, 15) is 4.79 Å². The third kappa shape index (κ3) is 4.57. The third-order valence-electron chi connectivity index (χ3n) is 6.44. The maximum Gasteiger partial charge on any atom is 0.225 e. The van der Waals surface area contributed by atoms with Crippen LogP contribution in [0, 0.1) is 17.8 Å². The van der Waals surface area contributed by atoms with Crippen LogP contribution >= 0.6 is 0 Å². The van der Waals surface area contributed by atoms with Gasteiger partial charge < -0.3 is 10.2 Å². The van der Waals surface area contributed by atoms with Crippen molar-refractivity contribution in [3.63, 3.8) is 0 Å². The Bertz CT molecular complexity index is 846. The first-order valence-electron chi connectivity index (χ1n) is 10.7. The van der Waals surface area contributed by atoms with Crippen LogP contribution in [0.15, 0.2) is 30.7 Å². The van der Waals surface area contributed by atoms with E-state index in [0.717, 1.165) is 61.4 Å². The summed E-state index contributed by atoms with van der Waals surface area (Å²) in [6.07, 6.45) is 11.1. The van der Waals surface area contributed by atoms with Gasteiger partial charge in [-0.3, -0.25) is 9.78 Å². The Labute approximate surface area is 173 Å². The van der Waals surface area contributed by atoms with Gasteiger partial charge in [-0.15, -0.1) is 0 Å². The van der Waals surface area contributed by atoms with Gasteiger partial charge in [-0.1, -0.05) is 6.92 Å². The molecule has 2 aromatic heterocycles. The maximum absolute atomic E-state index is 12.1. The molecule has 2 fully saturated rings. The fourth-order valence-corrected chi connectivity index (χ4v) is 4.37. The number of amides is 1. The second-order valence-corrected chi connectivity index (χ2v) is 8.88. The number of hydrogen-bond acceptors (Lipinski definition) is 5. The minimum Gasteiger partial charge on any atom is -0.356 e. The summed E-state index contributed by atoms with van der Waals surface area (Å²) in [7, 11) is 3.96. The van der Waals surface area contributed by atoms with Gasteiger partial charge in [0, 0.05) is 56.6 Å². The highest BCUT2D eigenvalue weighted by Gasteiger charge is 2.39. The average molecular weight is 394 g/mol. The van der Waals surface area contributed by atoms with Crippen molar-refractivity contribution in [2.75, 3.05) is 25.5 Å². The average Bonchev–Trinajstić information content (AvgIpc) is 3.49. The molecule has 2 aliphatic carbocycles. The molecule has 0 radical (unpaired) electrons. The summed E-state index contributed by atoms with van der Waals surface area (Å²) in [5, 5.41) is 3.18. The highest BCUT2D eigenvalue weighted by atomic mass is 16.2. The van der Waals surface area contributed by atoms with E-state index in [0.29, 0.717) is 17.8 Å². The first-order valence-corrected chi connectivity index (χ1v) is 10.7. The van der Waals surface area contributed by atoms with Gasteiger partial charge in [-0.05, 0) is 61.6 Å². The lowest BCUT2D eigenvalue weighted by atomic mass is 9.79. The van der Waals surface area contributed by atoms with Gasteiger partial charge >= 0.3 is 0 Å². The maximum atomic E-state index is 12.1. The van der Waals surface area contributed by atoms with Crippen molar-refractivity contribution in [3.05, 3.63) is 36.4 Å². The van der Waals surface area contributed by atoms with E-state index >= 15 is 0 Å². The molecule has 0 aromatic carbocycles. The first-order chi connectivity index (χ1) is 14.0. The molecule has 1 amide bonds. The minimum absolute atomic E-state index is 0.256. The molecule has 4 rings (SSSR count). The van der Waals surface area contributed by atoms with Crippen LogP contribution in [0.2, 0.25) is 0 Å². The Kier molecular flexibility index (Phi) is 5.79. The molecule has 0 spiro atoms. The lowest BCUT2D eigenvalue weighted by Crippen LogP contribution is -2.32. The van der Waals surface area contributed by atoms with Crippen molar-refractivity contribution in [2.24, 2.45) is 17.8 Å². The predicted octanol–water partition coefficient (Wildman–Crippen LogP) is 3.65. The molecule has 0 aliphatic heterocycles. The number of carbonyl (C=O) groups excluding carboxylic acids is 1. The molecule has 2 aliphatic rings. The molecule has 29 heavy (non-hydrogen) atoms. The van der Waals surface area contributed by atoms with Gasteiger partial charge in [0.25, 0.3) is 0 Å². The molecule has 0 saturated heterocycles. The van der Waals surface area contributed by atoms with Gasteiger partial charge in [0.2, 0.25) is 11.9 Å². The van der Waals surface area contributed by atoms with Crippen LogP contribution < -0.4 is 10.2 Å². The molecule has 2 atom stereocenters. The van der Waals surface area contributed by atoms with Crippen LogP contribution in [-0.4, -0.2) is 41.5 Å². The Hall–Kier alpha value is -2.50. The van der Waals surface area contributed by atoms with Crippen molar-refractivity contribution in [2.45, 2.75) is 44.9 Å². The fraction of sp³-hybridized carbons (Fsp3) is 0.565. The molecule has 0 bridgehead atoms. The number of nitrogens with one attached hydrogen (secondary N) is 1. The molecule has 6 nitrogen and oxygen atoms in total. The molecular formula is C23H31N5O. The van der Waals surface area contributed by atoms with Crippen molar-refractivity contribution in [1.82, 2.24) is 20.3 Å². The second kappa shape index (κ2) is 8.47. The van der Waals surface area contributed by atoms with Gasteiger partial charge in [0.1, 0.15) is 0 Å². The second-order valence-electron chi connectivity index (χ2n) is 8.88. The van der Waals surface area contributed by atoms with E-state index in [1.807, 2.05) is 49.7 Å². The predicted molar refractivity (Wildman–Crippen MR) is 115 cm³/mol. The van der Waals surface area contributed by atoms with E-state index in [-0.39, 0.29) is 11.8 Å². The number of carbonyl (C=O) groups is 1. The number of anilines is 1. The lowest BCUT2D eigenvalue weighted by molar-refractivity contribution is -0.122. The zero-order valence-electron chi connectivity index (χ0n) is 17.6. The zero-order chi connectivity index (χ0) is 20.4. The first kappa shape index (κ1) is 19.8. The van der Waals surface area contributed by atoms with E-state index in [2.05, 4.69) is 22.2 Å². The molecule has 6 heteroatoms. The van der Waals surface area contributed by atoms with Crippen molar-refractivity contribution < 1.29 is 4.79 Å². The summed E-state index contributed by atoms with van der Waals surface area (Å²) in [5.74, 6) is 2.84. The number of pyridine rings is 1. The fourth-order valence-electron chi connectivity index (χ4n) is 4.37. The summed E-state index contributed by atoms with van der Waals surface area (Å²) < 4.78 is 0. The topological polar surface area (TPSA) is 71.0 Å². The van der Waals surface area contributed by atoms with Crippen LogP contribution in [0.4, 0.5) is 5.95 Å². The summed E-state index contributed by atoms with van der Waals surface area (Å²) >= 11 is 0. The van der Waals surface area contributed by atoms with Crippen molar-refractivity contribution >= 4 is 11.9 Å². The minimum atomic E-state index is 0.256. The van der Waals surface area contributed by atoms with E-state index in [1.165, 1.54) is 0 Å². The molecule has 2 aromatic rings. The van der Waals surface area contributed by atoms with Crippen LogP contribution in [0.25, 0.3) is 11.1 Å². The standard InChI is InChI=1S/C23H31N5O/c1-15-12-19(15)22(29)25-13-16-4-6-18(7-5-16)21-20(17-8-10-24-11-9-17)14-26-23(27-21)28(2)3/h8-11,14-16,18-19H,4-7,12-13H2,1-3H3,(H,25,29)/t15-,16?,18?,19+/m1/s1. The molecule has 154 valence electrons. The summed E-state index contributed by atoms with van der Waals surface area (Å²) in [4.78, 5) is 27.7. The van der Waals surface area contributed by atoms with Gasteiger partial charge in [0.05, 0.1) is 5.69 Å². The van der Waals surface area contributed by atoms with E-state index in [4.69, 9.17) is 4.98 Å². The third-order valence-corrected chi connectivity index (χ3v) is 6.44. The summed E-state index contributed by atoms with van der Waals surface area (Å²) in [6.45, 7) is 2.97.